The van der Waals surface area contributed by atoms with Crippen LogP contribution in [0, 0.1) is 0 Å². The average molecular weight is 538 g/mol. The summed E-state index contributed by atoms with van der Waals surface area (Å²) in [5.41, 5.74) is 10.3. The van der Waals surface area contributed by atoms with E-state index in [1.165, 1.54) is 6.33 Å². The van der Waals surface area contributed by atoms with Crippen LogP contribution in [0.3, 0.4) is 0 Å². The Morgan fingerprint density at radius 1 is 0.700 bits per heavy atom. The summed E-state index contributed by atoms with van der Waals surface area (Å²) >= 11 is 0. The van der Waals surface area contributed by atoms with E-state index >= 15 is 0 Å². The van der Waals surface area contributed by atoms with Crippen molar-refractivity contribution in [1.82, 2.24) is 19.5 Å². The molecule has 204 valence electrons. The Morgan fingerprint density at radius 3 is 1.85 bits per heavy atom. The molecule has 0 bridgehead atoms. The van der Waals surface area contributed by atoms with Crippen molar-refractivity contribution in [1.29, 1.82) is 0 Å². The van der Waals surface area contributed by atoms with Crippen molar-refractivity contribution in [3.8, 4) is 0 Å². The molecule has 1 saturated heterocycles. The van der Waals surface area contributed by atoms with Crippen molar-refractivity contribution in [3.05, 3.63) is 120 Å². The number of ether oxygens (including phenoxy) is 4. The van der Waals surface area contributed by atoms with Gasteiger partial charge in [-0.3, -0.25) is 4.57 Å². The number of aromatic nitrogens is 4. The number of hydrogen-bond acceptors (Lipinski definition) is 8. The van der Waals surface area contributed by atoms with Gasteiger partial charge in [0.15, 0.2) is 17.7 Å². The molecule has 2 aromatic heterocycles. The van der Waals surface area contributed by atoms with Crippen LogP contribution in [-0.2, 0) is 38.8 Å². The van der Waals surface area contributed by atoms with Crippen LogP contribution >= 0.6 is 0 Å². The highest BCUT2D eigenvalue weighted by molar-refractivity contribution is 5.81. The zero-order chi connectivity index (χ0) is 27.1. The molecule has 1 fully saturated rings. The predicted octanol–water partition coefficient (Wildman–Crippen LogP) is 4.69. The molecule has 3 heterocycles. The van der Waals surface area contributed by atoms with Gasteiger partial charge in [0.25, 0.3) is 0 Å². The van der Waals surface area contributed by atoms with Crippen LogP contribution in [0.2, 0.25) is 0 Å². The van der Waals surface area contributed by atoms with Gasteiger partial charge in [-0.25, -0.2) is 15.0 Å². The minimum absolute atomic E-state index is 0.294. The fourth-order valence-electron chi connectivity index (χ4n) is 4.88. The van der Waals surface area contributed by atoms with Crippen molar-refractivity contribution in [3.63, 3.8) is 0 Å². The first-order chi connectivity index (χ1) is 19.8. The lowest BCUT2D eigenvalue weighted by molar-refractivity contribution is -0.255. The molecule has 1 aliphatic heterocycles. The summed E-state index contributed by atoms with van der Waals surface area (Å²) in [5.74, 6) is 0.308. The first-order valence-electron chi connectivity index (χ1n) is 13.3. The molecule has 2 N–H and O–H groups in total. The fourth-order valence-corrected chi connectivity index (χ4v) is 4.88. The number of nitrogens with zero attached hydrogens (tertiary/aromatic N) is 4. The first-order valence-corrected chi connectivity index (χ1v) is 13.3. The zero-order valence-corrected chi connectivity index (χ0v) is 22.0. The zero-order valence-electron chi connectivity index (χ0n) is 22.0. The number of rotatable bonds is 10. The molecule has 40 heavy (non-hydrogen) atoms. The summed E-state index contributed by atoms with van der Waals surface area (Å²) in [6, 6.07) is 30.2. The number of benzene rings is 3. The van der Waals surface area contributed by atoms with E-state index in [0.717, 1.165) is 16.7 Å². The molecule has 4 atom stereocenters. The maximum Gasteiger partial charge on any atom is 0.167 e. The van der Waals surface area contributed by atoms with E-state index in [2.05, 4.69) is 15.0 Å². The van der Waals surface area contributed by atoms with Crippen LogP contribution in [-0.4, -0.2) is 44.4 Å². The summed E-state index contributed by atoms with van der Waals surface area (Å²) in [7, 11) is 0. The summed E-state index contributed by atoms with van der Waals surface area (Å²) in [4.78, 5) is 13.0. The highest BCUT2D eigenvalue weighted by Crippen LogP contribution is 2.34. The quantitative estimate of drug-likeness (QED) is 0.273. The first kappa shape index (κ1) is 26.1. The molecule has 0 saturated carbocycles. The number of hydrogen-bond donors (Lipinski definition) is 1. The van der Waals surface area contributed by atoms with Gasteiger partial charge < -0.3 is 24.7 Å². The van der Waals surface area contributed by atoms with Crippen molar-refractivity contribution < 1.29 is 18.9 Å². The highest BCUT2D eigenvalue weighted by Gasteiger charge is 2.44. The minimum atomic E-state index is -0.583. The molecule has 0 spiro atoms. The van der Waals surface area contributed by atoms with Gasteiger partial charge in [0, 0.05) is 0 Å². The van der Waals surface area contributed by atoms with E-state index in [1.807, 2.05) is 95.6 Å². The standard InChI is InChI=1S/C31H31N5O4/c32-29-26-30(34-20-33-29)36(21-35-26)31-28(39-18-24-14-8-3-9-15-24)27(38-17-23-12-6-2-7-13-23)25(19-40-31)37-16-22-10-4-1-5-11-22/h1-15,20-21,25,27-28,31H,16-19H2,(H2,32,33,34)/t25-,27-,28+,31-/m1/s1. The normalized spacial score (nSPS) is 21.0. The molecular weight excluding hydrogens is 506 g/mol. The van der Waals surface area contributed by atoms with E-state index in [-0.39, 0.29) is 6.10 Å². The molecule has 9 heteroatoms. The minimum Gasteiger partial charge on any atom is -0.382 e. The van der Waals surface area contributed by atoms with E-state index in [4.69, 9.17) is 24.7 Å². The second-order valence-corrected chi connectivity index (χ2v) is 9.66. The maximum atomic E-state index is 6.61. The number of imidazole rings is 1. The number of fused-ring (bicyclic) bond motifs is 1. The lowest BCUT2D eigenvalue weighted by atomic mass is 10.0. The van der Waals surface area contributed by atoms with E-state index in [0.29, 0.717) is 43.4 Å². The number of nitrogen functional groups attached to an aromatic ring is 1. The lowest BCUT2D eigenvalue weighted by Crippen LogP contribution is -2.54. The molecule has 6 rings (SSSR count). The van der Waals surface area contributed by atoms with Crippen molar-refractivity contribution in [2.75, 3.05) is 12.3 Å². The third kappa shape index (κ3) is 5.88. The second kappa shape index (κ2) is 12.4. The Labute approximate surface area is 232 Å². The van der Waals surface area contributed by atoms with Gasteiger partial charge >= 0.3 is 0 Å². The molecular formula is C31H31N5O4. The average Bonchev–Trinajstić information content (AvgIpc) is 3.45. The number of anilines is 1. The molecule has 0 radical (unpaired) electrons. The van der Waals surface area contributed by atoms with Crippen LogP contribution in [0.15, 0.2) is 104 Å². The summed E-state index contributed by atoms with van der Waals surface area (Å²) in [5, 5.41) is 0. The van der Waals surface area contributed by atoms with Crippen LogP contribution < -0.4 is 5.73 Å². The maximum absolute atomic E-state index is 6.61. The van der Waals surface area contributed by atoms with Gasteiger partial charge in [0.2, 0.25) is 0 Å². The van der Waals surface area contributed by atoms with Crippen LogP contribution in [0.1, 0.15) is 22.9 Å². The molecule has 0 amide bonds. The smallest absolute Gasteiger partial charge is 0.167 e. The van der Waals surface area contributed by atoms with Gasteiger partial charge in [0.05, 0.1) is 32.8 Å². The predicted molar refractivity (Wildman–Crippen MR) is 150 cm³/mol. The van der Waals surface area contributed by atoms with Gasteiger partial charge in [-0.2, -0.15) is 0 Å². The Hall–Kier alpha value is -4.15. The monoisotopic (exact) mass is 537 g/mol. The molecule has 9 nitrogen and oxygen atoms in total. The van der Waals surface area contributed by atoms with Crippen LogP contribution in [0.25, 0.3) is 11.2 Å². The second-order valence-electron chi connectivity index (χ2n) is 9.66. The van der Waals surface area contributed by atoms with Gasteiger partial charge in [-0.15, -0.1) is 0 Å². The third-order valence-corrected chi connectivity index (χ3v) is 6.94. The van der Waals surface area contributed by atoms with Gasteiger partial charge in [-0.05, 0) is 16.7 Å². The largest absolute Gasteiger partial charge is 0.382 e. The van der Waals surface area contributed by atoms with Crippen molar-refractivity contribution in [2.45, 2.75) is 44.4 Å². The van der Waals surface area contributed by atoms with Crippen molar-refractivity contribution in [2.24, 2.45) is 0 Å². The summed E-state index contributed by atoms with van der Waals surface area (Å²) < 4.78 is 27.9. The Morgan fingerprint density at radius 2 is 1.25 bits per heavy atom. The molecule has 1 aliphatic rings. The highest BCUT2D eigenvalue weighted by atomic mass is 16.6. The molecule has 5 aromatic rings. The Bertz CT molecular complexity index is 1500. The van der Waals surface area contributed by atoms with Crippen molar-refractivity contribution >= 4 is 17.0 Å². The molecule has 0 unspecified atom stereocenters. The van der Waals surface area contributed by atoms with Gasteiger partial charge in [-0.1, -0.05) is 91.0 Å². The number of nitrogens with two attached hydrogens (primary N) is 1. The molecule has 0 aliphatic carbocycles. The van der Waals surface area contributed by atoms with Gasteiger partial charge in [0.1, 0.15) is 30.2 Å². The fraction of sp³-hybridized carbons (Fsp3) is 0.258. The lowest BCUT2D eigenvalue weighted by Gasteiger charge is -2.42. The topological polar surface area (TPSA) is 107 Å². The van der Waals surface area contributed by atoms with Crippen LogP contribution in [0.5, 0.6) is 0 Å². The molecule has 3 aromatic carbocycles. The Kier molecular flexibility index (Phi) is 8.06. The summed E-state index contributed by atoms with van der Waals surface area (Å²) in [6.45, 7) is 1.48. The van der Waals surface area contributed by atoms with E-state index < -0.39 is 18.4 Å². The van der Waals surface area contributed by atoms with E-state index in [9.17, 15) is 0 Å². The van der Waals surface area contributed by atoms with Crippen LogP contribution in [0.4, 0.5) is 5.82 Å². The SMILES string of the molecule is Nc1ncnc2c1ncn2[C@@H]1OC[C@@H](OCc2ccccc2)[C@@H](OCc2ccccc2)[C@@H]1OCc1ccccc1. The Balaban J connectivity index is 1.33. The van der Waals surface area contributed by atoms with E-state index in [1.54, 1.807) is 6.33 Å². The summed E-state index contributed by atoms with van der Waals surface area (Å²) in [6.07, 6.45) is 1.12. The third-order valence-electron chi connectivity index (χ3n) is 6.94.